The predicted molar refractivity (Wildman–Crippen MR) is 113 cm³/mol. The van der Waals surface area contributed by atoms with Crippen LogP contribution in [0.2, 0.25) is 5.02 Å². The molecule has 2 aromatic carbocycles. The number of rotatable bonds is 6. The summed E-state index contributed by atoms with van der Waals surface area (Å²) in [7, 11) is 0. The van der Waals surface area contributed by atoms with Gasteiger partial charge in [-0.3, -0.25) is 24.5 Å². The molecule has 19 heteroatoms. The Hall–Kier alpha value is -2.07. The number of hydrogen-bond acceptors (Lipinski definition) is 7. The van der Waals surface area contributed by atoms with Gasteiger partial charge >= 0.3 is 18.2 Å². The molecule has 0 aliphatic heterocycles. The summed E-state index contributed by atoms with van der Waals surface area (Å²) in [4.78, 5) is 19.9. The molecule has 0 saturated carbocycles. The zero-order chi connectivity index (χ0) is 26.2. The lowest BCUT2D eigenvalue weighted by Gasteiger charge is -2.29. The Bertz CT molecular complexity index is 1130. The molecule has 0 amide bonds. The van der Waals surface area contributed by atoms with Crippen molar-refractivity contribution in [2.75, 3.05) is 4.31 Å². The predicted octanol–water partition coefficient (Wildman–Crippen LogP) is 8.19. The average molecular weight is 595 g/mol. The maximum absolute atomic E-state index is 13.9. The van der Waals surface area contributed by atoms with E-state index in [9.17, 15) is 46.6 Å². The van der Waals surface area contributed by atoms with Crippen LogP contribution >= 0.6 is 58.4 Å². The minimum atomic E-state index is -5.45. The summed E-state index contributed by atoms with van der Waals surface area (Å²) in [5, 5.41) is 22.1. The fraction of sp³-hybridized carbons (Fsp3) is 0.200. The van der Waals surface area contributed by atoms with Crippen molar-refractivity contribution in [3.05, 3.63) is 61.1 Å². The minimum Gasteiger partial charge on any atom is -0.406 e. The molecule has 0 aliphatic carbocycles. The Morgan fingerprint density at radius 3 is 1.97 bits per heavy atom. The van der Waals surface area contributed by atoms with Crippen molar-refractivity contribution in [1.29, 1.82) is 0 Å². The van der Waals surface area contributed by atoms with E-state index >= 15 is 0 Å². The van der Waals surface area contributed by atoms with Crippen molar-refractivity contribution in [2.24, 2.45) is 0 Å². The maximum atomic E-state index is 13.9. The Morgan fingerprint density at radius 1 is 0.941 bits per heavy atom. The molecule has 0 unspecified atom stereocenters. The van der Waals surface area contributed by atoms with Gasteiger partial charge in [-0.1, -0.05) is 46.4 Å². The third-order valence-corrected chi connectivity index (χ3v) is 5.26. The van der Waals surface area contributed by atoms with Crippen LogP contribution in [0.5, 0.6) is 5.75 Å². The highest BCUT2D eigenvalue weighted by Crippen LogP contribution is 2.55. The molecule has 0 heterocycles. The van der Waals surface area contributed by atoms with Gasteiger partial charge in [0.1, 0.15) is 11.4 Å². The Labute approximate surface area is 208 Å². The van der Waals surface area contributed by atoms with Crippen LogP contribution in [-0.4, -0.2) is 19.3 Å². The quantitative estimate of drug-likeness (QED) is 0.109. The smallest absolute Gasteiger partial charge is 0.406 e. The third kappa shape index (κ3) is 7.21. The molecule has 186 valence electrons. The first-order valence-electron chi connectivity index (χ1n) is 7.95. The van der Waals surface area contributed by atoms with Gasteiger partial charge < -0.3 is 4.74 Å². The number of benzene rings is 2. The van der Waals surface area contributed by atoms with Gasteiger partial charge in [0.05, 0.1) is 32.2 Å². The number of alkyl halides is 9. The van der Waals surface area contributed by atoms with Crippen LogP contribution in [-0.2, 0) is 6.18 Å². The Kier molecular flexibility index (Phi) is 8.19. The molecule has 0 bridgehead atoms. The maximum Gasteiger partial charge on any atom is 0.573 e. The highest BCUT2D eigenvalue weighted by atomic mass is 35.6. The van der Waals surface area contributed by atoms with Gasteiger partial charge in [0, 0.05) is 24.1 Å². The topological polar surface area (TPSA) is 98.8 Å². The monoisotopic (exact) mass is 593 g/mol. The molecule has 0 N–H and O–H groups in total. The molecule has 2 aromatic rings. The first-order chi connectivity index (χ1) is 15.3. The van der Waals surface area contributed by atoms with Crippen LogP contribution in [0.25, 0.3) is 0 Å². The molecular formula is C15H5Cl4F6N3O5S. The Balaban J connectivity index is 2.97. The van der Waals surface area contributed by atoms with E-state index in [-0.39, 0.29) is 28.4 Å². The number of anilines is 2. The molecule has 0 fully saturated rings. The largest absolute Gasteiger partial charge is 0.573 e. The molecule has 0 spiro atoms. The number of hydrogen-bond donors (Lipinski definition) is 0. The van der Waals surface area contributed by atoms with Crippen molar-refractivity contribution < 1.29 is 40.9 Å². The van der Waals surface area contributed by atoms with Crippen molar-refractivity contribution in [1.82, 2.24) is 0 Å². The van der Waals surface area contributed by atoms with E-state index in [1.54, 1.807) is 0 Å². The lowest BCUT2D eigenvalue weighted by molar-refractivity contribution is -0.394. The SMILES string of the molecule is O=[N+]([O-])c1cc([N+](=O)[O-])c(N(SC(Cl)(Cl)Cl)c2cc(OC(F)(F)F)ccc2Cl)c(C(F)(F)F)c1. The molecule has 0 aromatic heterocycles. The van der Waals surface area contributed by atoms with E-state index < -0.39 is 64.6 Å². The van der Waals surface area contributed by atoms with Crippen molar-refractivity contribution >= 4 is 81.1 Å². The molecule has 0 aliphatic rings. The Morgan fingerprint density at radius 2 is 1.53 bits per heavy atom. The van der Waals surface area contributed by atoms with Crippen molar-refractivity contribution in [2.45, 2.75) is 15.7 Å². The van der Waals surface area contributed by atoms with E-state index in [1.165, 1.54) is 0 Å². The molecule has 2 rings (SSSR count). The van der Waals surface area contributed by atoms with Gasteiger partial charge in [-0.15, -0.1) is 13.2 Å². The highest BCUT2D eigenvalue weighted by Gasteiger charge is 2.44. The number of nitro benzene ring substituents is 2. The van der Waals surface area contributed by atoms with Crippen LogP contribution in [0, 0.1) is 20.2 Å². The van der Waals surface area contributed by atoms with E-state index in [0.717, 1.165) is 6.07 Å². The standard InChI is InChI=1S/C15H5Cl4F6N3O5S/c16-9-2-1-7(33-15(23,24)25)5-10(9)26(34-14(17,18)19)12-8(13(20,21)22)3-6(27(29)30)4-11(12)28(31)32/h1-5H. The summed E-state index contributed by atoms with van der Waals surface area (Å²) < 4.78 is 80.9. The number of nitrogens with zero attached hydrogens (tertiary/aromatic N) is 3. The second kappa shape index (κ2) is 9.89. The second-order valence-corrected chi connectivity index (χ2v) is 10.4. The highest BCUT2D eigenvalue weighted by molar-refractivity contribution is 8.06. The number of non-ortho nitro benzene ring substituents is 1. The van der Waals surface area contributed by atoms with Gasteiger partial charge in [-0.05, 0) is 12.1 Å². The molecule has 0 atom stereocenters. The summed E-state index contributed by atoms with van der Waals surface area (Å²) in [5.41, 5.74) is -6.90. The summed E-state index contributed by atoms with van der Waals surface area (Å²) in [6.45, 7) is 0. The van der Waals surface area contributed by atoms with Crippen LogP contribution in [0.15, 0.2) is 30.3 Å². The number of ether oxygens (including phenoxy) is 1. The fourth-order valence-corrected chi connectivity index (χ4v) is 4.06. The zero-order valence-electron chi connectivity index (χ0n) is 15.5. The first-order valence-corrected chi connectivity index (χ1v) is 10.2. The van der Waals surface area contributed by atoms with E-state index in [1.807, 2.05) is 0 Å². The number of halogens is 10. The van der Waals surface area contributed by atoms with Crippen molar-refractivity contribution in [3.8, 4) is 5.75 Å². The fourth-order valence-electron chi connectivity index (χ4n) is 2.44. The summed E-state index contributed by atoms with van der Waals surface area (Å²) >= 11 is 22.7. The third-order valence-electron chi connectivity index (χ3n) is 3.56. The molecular weight excluding hydrogens is 590 g/mol. The van der Waals surface area contributed by atoms with Gasteiger partial charge in [0.25, 0.3) is 8.81 Å². The van der Waals surface area contributed by atoms with Crippen molar-refractivity contribution in [3.63, 3.8) is 0 Å². The zero-order valence-corrected chi connectivity index (χ0v) is 19.3. The molecule has 34 heavy (non-hydrogen) atoms. The van der Waals surface area contributed by atoms with Gasteiger partial charge in [0.2, 0.25) is 0 Å². The van der Waals surface area contributed by atoms with E-state index in [0.29, 0.717) is 12.1 Å². The first kappa shape index (κ1) is 28.2. The number of nitro groups is 2. The van der Waals surface area contributed by atoms with Crippen LogP contribution < -0.4 is 9.04 Å². The van der Waals surface area contributed by atoms with Gasteiger partial charge in [-0.25, -0.2) is 0 Å². The second-order valence-electron chi connectivity index (χ2n) is 5.87. The lowest BCUT2D eigenvalue weighted by Crippen LogP contribution is -2.21. The van der Waals surface area contributed by atoms with E-state index in [2.05, 4.69) is 4.74 Å². The van der Waals surface area contributed by atoms with Crippen LogP contribution in [0.3, 0.4) is 0 Å². The summed E-state index contributed by atoms with van der Waals surface area (Å²) in [6.07, 6.45) is -10.7. The van der Waals surface area contributed by atoms with Gasteiger partial charge in [-0.2, -0.15) is 13.2 Å². The lowest BCUT2D eigenvalue weighted by atomic mass is 10.1. The minimum absolute atomic E-state index is 0.0295. The van der Waals surface area contributed by atoms with Crippen LogP contribution in [0.1, 0.15) is 5.56 Å². The average Bonchev–Trinajstić information content (AvgIpc) is 2.64. The summed E-state index contributed by atoms with van der Waals surface area (Å²) in [6, 6.07) is 2.12. The van der Waals surface area contributed by atoms with Crippen LogP contribution in [0.4, 0.5) is 49.1 Å². The molecule has 0 saturated heterocycles. The summed E-state index contributed by atoms with van der Waals surface area (Å²) in [5.74, 6) is -0.986. The molecule has 8 nitrogen and oxygen atoms in total. The van der Waals surface area contributed by atoms with Gasteiger partial charge in [0.15, 0.2) is 0 Å². The normalized spacial score (nSPS) is 12.4. The molecule has 0 radical (unpaired) electrons. The van der Waals surface area contributed by atoms with E-state index in [4.69, 9.17) is 46.4 Å².